The van der Waals surface area contributed by atoms with Crippen LogP contribution in [0.4, 0.5) is 0 Å². The zero-order valence-electron chi connectivity index (χ0n) is 11.5. The van der Waals surface area contributed by atoms with Crippen molar-refractivity contribution < 1.29 is 4.79 Å². The van der Waals surface area contributed by atoms with Crippen LogP contribution in [0.2, 0.25) is 4.34 Å². The van der Waals surface area contributed by atoms with Gasteiger partial charge >= 0.3 is 0 Å². The Labute approximate surface area is 123 Å². The van der Waals surface area contributed by atoms with Gasteiger partial charge in [-0.05, 0) is 57.8 Å². The van der Waals surface area contributed by atoms with Crippen molar-refractivity contribution in [3.05, 3.63) is 21.3 Å². The van der Waals surface area contributed by atoms with Gasteiger partial charge in [-0.3, -0.25) is 4.79 Å². The van der Waals surface area contributed by atoms with Crippen molar-refractivity contribution in [1.82, 2.24) is 10.2 Å². The van der Waals surface area contributed by atoms with Crippen LogP contribution in [0.3, 0.4) is 0 Å². The summed E-state index contributed by atoms with van der Waals surface area (Å²) < 4.78 is 0.673. The third-order valence-corrected chi connectivity index (χ3v) is 4.74. The summed E-state index contributed by atoms with van der Waals surface area (Å²) in [4.78, 5) is 15.2. The van der Waals surface area contributed by atoms with Crippen LogP contribution >= 0.6 is 22.9 Å². The van der Waals surface area contributed by atoms with Crippen LogP contribution in [0, 0.1) is 5.92 Å². The average molecular weight is 301 g/mol. The van der Waals surface area contributed by atoms with E-state index in [9.17, 15) is 4.79 Å². The standard InChI is InChI=1S/C14H21ClN2OS/c1-10(2)17(9-11-4-3-7-16-8-11)14(18)12-5-6-13(15)19-12/h5-6,10-11,16H,3-4,7-9H2,1-2H3. The molecule has 1 aromatic heterocycles. The first-order valence-electron chi connectivity index (χ1n) is 6.85. The minimum Gasteiger partial charge on any atom is -0.335 e. The van der Waals surface area contributed by atoms with Gasteiger partial charge in [0.2, 0.25) is 0 Å². The van der Waals surface area contributed by atoms with Gasteiger partial charge in [0.1, 0.15) is 0 Å². The number of halogens is 1. The van der Waals surface area contributed by atoms with Crippen LogP contribution in [0.1, 0.15) is 36.4 Å². The van der Waals surface area contributed by atoms with Crippen molar-refractivity contribution >= 4 is 28.8 Å². The molecule has 0 spiro atoms. The third-order valence-electron chi connectivity index (χ3n) is 3.52. The molecule has 2 rings (SSSR count). The molecule has 0 radical (unpaired) electrons. The first-order chi connectivity index (χ1) is 9.08. The van der Waals surface area contributed by atoms with E-state index in [1.54, 1.807) is 6.07 Å². The summed E-state index contributed by atoms with van der Waals surface area (Å²) in [6.07, 6.45) is 2.41. The Morgan fingerprint density at radius 1 is 1.58 bits per heavy atom. The molecule has 0 aromatic carbocycles. The lowest BCUT2D eigenvalue weighted by atomic mass is 9.98. The summed E-state index contributed by atoms with van der Waals surface area (Å²) in [6, 6.07) is 3.83. The van der Waals surface area contributed by atoms with Gasteiger partial charge in [0.25, 0.3) is 5.91 Å². The summed E-state index contributed by atoms with van der Waals surface area (Å²) in [5, 5.41) is 3.41. The Hall–Kier alpha value is -0.580. The Balaban J connectivity index is 2.04. The van der Waals surface area contributed by atoms with Gasteiger partial charge in [0.05, 0.1) is 9.21 Å². The summed E-state index contributed by atoms with van der Waals surface area (Å²) in [5.41, 5.74) is 0. The molecule has 1 saturated heterocycles. The van der Waals surface area contributed by atoms with Gasteiger partial charge in [0, 0.05) is 12.6 Å². The van der Waals surface area contributed by atoms with E-state index in [0.717, 1.165) is 24.5 Å². The zero-order valence-corrected chi connectivity index (χ0v) is 13.1. The van der Waals surface area contributed by atoms with Gasteiger partial charge in [-0.1, -0.05) is 11.6 Å². The number of nitrogens with one attached hydrogen (secondary N) is 1. The summed E-state index contributed by atoms with van der Waals surface area (Å²) in [7, 11) is 0. The molecular weight excluding hydrogens is 280 g/mol. The van der Waals surface area contributed by atoms with Crippen LogP contribution in [-0.4, -0.2) is 36.5 Å². The van der Waals surface area contributed by atoms with Gasteiger partial charge in [-0.2, -0.15) is 0 Å². The van der Waals surface area contributed by atoms with Crippen LogP contribution < -0.4 is 5.32 Å². The normalized spacial score (nSPS) is 19.7. The lowest BCUT2D eigenvalue weighted by molar-refractivity contribution is 0.0666. The number of carbonyl (C=O) groups is 1. The van der Waals surface area contributed by atoms with Gasteiger partial charge < -0.3 is 10.2 Å². The molecule has 1 aromatic rings. The quantitative estimate of drug-likeness (QED) is 0.926. The number of piperidine rings is 1. The molecule has 19 heavy (non-hydrogen) atoms. The molecular formula is C14H21ClN2OS. The molecule has 2 heterocycles. The summed E-state index contributed by atoms with van der Waals surface area (Å²) in [5.74, 6) is 0.674. The zero-order chi connectivity index (χ0) is 13.8. The lowest BCUT2D eigenvalue weighted by Gasteiger charge is -2.32. The molecule has 5 heteroatoms. The van der Waals surface area contributed by atoms with E-state index in [0.29, 0.717) is 10.3 Å². The highest BCUT2D eigenvalue weighted by Gasteiger charge is 2.24. The monoisotopic (exact) mass is 300 g/mol. The number of hydrogen-bond donors (Lipinski definition) is 1. The summed E-state index contributed by atoms with van der Waals surface area (Å²) in [6.45, 7) is 7.10. The first-order valence-corrected chi connectivity index (χ1v) is 8.04. The second-order valence-electron chi connectivity index (χ2n) is 5.37. The molecule has 106 valence electrons. The molecule has 1 aliphatic rings. The molecule has 3 nitrogen and oxygen atoms in total. The highest BCUT2D eigenvalue weighted by Crippen LogP contribution is 2.24. The maximum atomic E-state index is 12.5. The van der Waals surface area contributed by atoms with Crippen LogP contribution in [0.15, 0.2) is 12.1 Å². The molecule has 1 amide bonds. The molecule has 0 saturated carbocycles. The van der Waals surface area contributed by atoms with E-state index >= 15 is 0 Å². The second kappa shape index (κ2) is 6.73. The van der Waals surface area contributed by atoms with Crippen LogP contribution in [0.5, 0.6) is 0 Å². The van der Waals surface area contributed by atoms with Crippen molar-refractivity contribution in [1.29, 1.82) is 0 Å². The summed E-state index contributed by atoms with van der Waals surface area (Å²) >= 11 is 7.28. The van der Waals surface area contributed by atoms with E-state index < -0.39 is 0 Å². The Kier molecular flexibility index (Phi) is 5.25. The van der Waals surface area contributed by atoms with Crippen LogP contribution in [-0.2, 0) is 0 Å². The Bertz CT molecular complexity index is 427. The predicted octanol–water partition coefficient (Wildman–Crippen LogP) is 3.25. The maximum Gasteiger partial charge on any atom is 0.264 e. The van der Waals surface area contributed by atoms with Crippen molar-refractivity contribution in [3.8, 4) is 0 Å². The van der Waals surface area contributed by atoms with Crippen molar-refractivity contribution in [2.75, 3.05) is 19.6 Å². The van der Waals surface area contributed by atoms with E-state index in [2.05, 4.69) is 19.2 Å². The molecule has 0 aliphatic carbocycles. The highest BCUT2D eigenvalue weighted by molar-refractivity contribution is 7.17. The van der Waals surface area contributed by atoms with Crippen molar-refractivity contribution in [2.24, 2.45) is 5.92 Å². The largest absolute Gasteiger partial charge is 0.335 e. The maximum absolute atomic E-state index is 12.5. The number of thiophene rings is 1. The number of amides is 1. The number of hydrogen-bond acceptors (Lipinski definition) is 3. The molecule has 1 unspecified atom stereocenters. The van der Waals surface area contributed by atoms with E-state index in [1.165, 1.54) is 24.2 Å². The molecule has 1 fully saturated rings. The SMILES string of the molecule is CC(C)N(CC1CCCNC1)C(=O)c1ccc(Cl)s1. The lowest BCUT2D eigenvalue weighted by Crippen LogP contribution is -2.44. The number of nitrogens with zero attached hydrogens (tertiary/aromatic N) is 1. The highest BCUT2D eigenvalue weighted by atomic mass is 35.5. The van der Waals surface area contributed by atoms with Crippen molar-refractivity contribution in [2.45, 2.75) is 32.7 Å². The van der Waals surface area contributed by atoms with E-state index in [-0.39, 0.29) is 11.9 Å². The smallest absolute Gasteiger partial charge is 0.264 e. The van der Waals surface area contributed by atoms with Gasteiger partial charge in [-0.15, -0.1) is 11.3 Å². The molecule has 1 aliphatic heterocycles. The van der Waals surface area contributed by atoms with E-state index in [1.807, 2.05) is 11.0 Å². The van der Waals surface area contributed by atoms with E-state index in [4.69, 9.17) is 11.6 Å². The minimum absolute atomic E-state index is 0.109. The van der Waals surface area contributed by atoms with Crippen molar-refractivity contribution in [3.63, 3.8) is 0 Å². The Morgan fingerprint density at radius 2 is 2.37 bits per heavy atom. The second-order valence-corrected chi connectivity index (χ2v) is 7.08. The van der Waals surface area contributed by atoms with Gasteiger partial charge in [-0.25, -0.2) is 0 Å². The molecule has 0 bridgehead atoms. The fourth-order valence-corrected chi connectivity index (χ4v) is 3.46. The molecule has 1 N–H and O–H groups in total. The number of carbonyl (C=O) groups excluding carboxylic acids is 1. The third kappa shape index (κ3) is 3.94. The van der Waals surface area contributed by atoms with Crippen LogP contribution in [0.25, 0.3) is 0 Å². The fraction of sp³-hybridized carbons (Fsp3) is 0.643. The molecule has 1 atom stereocenters. The van der Waals surface area contributed by atoms with Gasteiger partial charge in [0.15, 0.2) is 0 Å². The predicted molar refractivity (Wildman–Crippen MR) is 81.1 cm³/mol. The minimum atomic E-state index is 0.109. The Morgan fingerprint density at radius 3 is 2.89 bits per heavy atom. The topological polar surface area (TPSA) is 32.3 Å². The first kappa shape index (κ1) is 14.8. The fourth-order valence-electron chi connectivity index (χ4n) is 2.46. The average Bonchev–Trinajstić information content (AvgIpc) is 2.83. The number of rotatable bonds is 4.